The first kappa shape index (κ1) is 23.0. The minimum absolute atomic E-state index is 0.0445. The quantitative estimate of drug-likeness (QED) is 0.389. The second-order valence-electron chi connectivity index (χ2n) is 7.83. The molecule has 0 aliphatic heterocycles. The Morgan fingerprint density at radius 1 is 1.00 bits per heavy atom. The standard InChI is InChI=1S/C26H21N3O4S/c1-17-10-12-20(13-11-17)34(31,32)21(16-27)15-22-25(33-23-9-5-4-7-18(23)2)28-24-19(3)8-6-14-29(24)26(22)30/h4-15H,1-3H3/b21-15+. The van der Waals surface area contributed by atoms with Crippen molar-refractivity contribution in [2.24, 2.45) is 0 Å². The molecule has 0 saturated carbocycles. The highest BCUT2D eigenvalue weighted by Crippen LogP contribution is 2.29. The van der Waals surface area contributed by atoms with E-state index in [0.717, 1.165) is 22.8 Å². The molecule has 0 bridgehead atoms. The number of benzene rings is 2. The predicted molar refractivity (Wildman–Crippen MR) is 129 cm³/mol. The number of aryl methyl sites for hydroxylation is 3. The second kappa shape index (κ2) is 8.96. The summed E-state index contributed by atoms with van der Waals surface area (Å²) in [5, 5.41) is 9.74. The lowest BCUT2D eigenvalue weighted by atomic mass is 10.2. The maximum Gasteiger partial charge on any atom is 0.269 e. The van der Waals surface area contributed by atoms with Crippen molar-refractivity contribution in [2.45, 2.75) is 25.7 Å². The average molecular weight is 472 g/mol. The number of para-hydroxylation sites is 1. The van der Waals surface area contributed by atoms with Gasteiger partial charge in [-0.1, -0.05) is 42.0 Å². The van der Waals surface area contributed by atoms with E-state index < -0.39 is 20.3 Å². The minimum atomic E-state index is -4.17. The number of pyridine rings is 1. The van der Waals surface area contributed by atoms with Crippen molar-refractivity contribution in [3.05, 3.63) is 104 Å². The van der Waals surface area contributed by atoms with Crippen molar-refractivity contribution >= 4 is 21.6 Å². The second-order valence-corrected chi connectivity index (χ2v) is 9.74. The number of sulfone groups is 1. The van der Waals surface area contributed by atoms with Crippen molar-refractivity contribution in [2.75, 3.05) is 0 Å². The van der Waals surface area contributed by atoms with Crippen molar-refractivity contribution in [3.63, 3.8) is 0 Å². The first-order chi connectivity index (χ1) is 16.2. The van der Waals surface area contributed by atoms with Crippen LogP contribution >= 0.6 is 0 Å². The average Bonchev–Trinajstić information content (AvgIpc) is 2.81. The van der Waals surface area contributed by atoms with Gasteiger partial charge >= 0.3 is 0 Å². The highest BCUT2D eigenvalue weighted by Gasteiger charge is 2.24. The molecule has 4 rings (SSSR count). The topological polar surface area (TPSA) is 102 Å². The van der Waals surface area contributed by atoms with Crippen LogP contribution < -0.4 is 10.3 Å². The van der Waals surface area contributed by atoms with Crippen molar-refractivity contribution in [3.8, 4) is 17.7 Å². The van der Waals surface area contributed by atoms with Crippen molar-refractivity contribution in [1.29, 1.82) is 5.26 Å². The molecule has 0 atom stereocenters. The summed E-state index contributed by atoms with van der Waals surface area (Å²) in [6, 6.07) is 18.5. The van der Waals surface area contributed by atoms with Gasteiger partial charge in [0.2, 0.25) is 15.7 Å². The van der Waals surface area contributed by atoms with E-state index in [1.54, 1.807) is 49.4 Å². The summed E-state index contributed by atoms with van der Waals surface area (Å²) < 4.78 is 33.6. The zero-order valence-corrected chi connectivity index (χ0v) is 19.6. The molecule has 0 fully saturated rings. The molecule has 2 aromatic heterocycles. The van der Waals surface area contributed by atoms with Crippen LogP contribution in [-0.4, -0.2) is 17.8 Å². The van der Waals surface area contributed by atoms with E-state index in [-0.39, 0.29) is 16.3 Å². The SMILES string of the molecule is Cc1ccc(S(=O)(=O)/C(C#N)=C/c2c(Oc3ccccc3C)nc3c(C)cccn3c2=O)cc1. The molecule has 2 aromatic carbocycles. The van der Waals surface area contributed by atoms with Crippen LogP contribution in [0.2, 0.25) is 0 Å². The molecule has 8 heteroatoms. The smallest absolute Gasteiger partial charge is 0.269 e. The van der Waals surface area contributed by atoms with Crippen LogP contribution in [0.4, 0.5) is 0 Å². The number of aromatic nitrogens is 2. The molecule has 34 heavy (non-hydrogen) atoms. The number of fused-ring (bicyclic) bond motifs is 1. The summed E-state index contributed by atoms with van der Waals surface area (Å²) >= 11 is 0. The summed E-state index contributed by atoms with van der Waals surface area (Å²) in [6.07, 6.45) is 2.57. The van der Waals surface area contributed by atoms with Gasteiger partial charge < -0.3 is 4.74 Å². The summed E-state index contributed by atoms with van der Waals surface area (Å²) in [5.41, 5.74) is 2.09. The Kier molecular flexibility index (Phi) is 6.05. The van der Waals surface area contributed by atoms with Gasteiger partial charge in [-0.2, -0.15) is 10.2 Å². The first-order valence-electron chi connectivity index (χ1n) is 10.4. The molecular formula is C26H21N3O4S. The van der Waals surface area contributed by atoms with Crippen LogP contribution in [-0.2, 0) is 9.84 Å². The molecule has 4 aromatic rings. The van der Waals surface area contributed by atoms with E-state index in [4.69, 9.17) is 4.74 Å². The Bertz CT molecular complexity index is 1640. The molecule has 170 valence electrons. The zero-order valence-electron chi connectivity index (χ0n) is 18.8. The van der Waals surface area contributed by atoms with Crippen LogP contribution in [0, 0.1) is 32.1 Å². The number of hydrogen-bond acceptors (Lipinski definition) is 6. The number of ether oxygens (including phenoxy) is 1. The van der Waals surface area contributed by atoms with Crippen LogP contribution in [0.25, 0.3) is 11.7 Å². The lowest BCUT2D eigenvalue weighted by Gasteiger charge is -2.13. The molecule has 0 aliphatic rings. The Morgan fingerprint density at radius 3 is 2.35 bits per heavy atom. The third-order valence-electron chi connectivity index (χ3n) is 5.36. The summed E-state index contributed by atoms with van der Waals surface area (Å²) in [6.45, 7) is 5.47. The summed E-state index contributed by atoms with van der Waals surface area (Å²) in [4.78, 5) is 17.3. The number of rotatable bonds is 5. The van der Waals surface area contributed by atoms with Crippen molar-refractivity contribution in [1.82, 2.24) is 9.38 Å². The Morgan fingerprint density at radius 2 is 1.68 bits per heavy atom. The van der Waals surface area contributed by atoms with Gasteiger partial charge in [-0.15, -0.1) is 0 Å². The van der Waals surface area contributed by atoms with Crippen LogP contribution in [0.1, 0.15) is 22.3 Å². The molecule has 7 nitrogen and oxygen atoms in total. The van der Waals surface area contributed by atoms with Gasteiger partial charge in [-0.3, -0.25) is 9.20 Å². The molecule has 0 spiro atoms. The Labute approximate surface area is 197 Å². The number of hydrogen-bond donors (Lipinski definition) is 0. The molecule has 0 amide bonds. The minimum Gasteiger partial charge on any atom is -0.438 e. The fraction of sp³-hybridized carbons (Fsp3) is 0.115. The molecular weight excluding hydrogens is 450 g/mol. The Balaban J connectivity index is 1.98. The normalized spacial score (nSPS) is 11.9. The van der Waals surface area contributed by atoms with Gasteiger partial charge in [0.25, 0.3) is 5.56 Å². The molecule has 0 N–H and O–H groups in total. The first-order valence-corrected chi connectivity index (χ1v) is 11.9. The van der Waals surface area contributed by atoms with Gasteiger partial charge in [0.1, 0.15) is 27.9 Å². The molecule has 2 heterocycles. The highest BCUT2D eigenvalue weighted by atomic mass is 32.2. The van der Waals surface area contributed by atoms with Gasteiger partial charge in [0.15, 0.2) is 0 Å². The van der Waals surface area contributed by atoms with Crippen LogP contribution in [0.3, 0.4) is 0 Å². The van der Waals surface area contributed by atoms with E-state index in [0.29, 0.717) is 11.4 Å². The van der Waals surface area contributed by atoms with E-state index in [1.165, 1.54) is 22.7 Å². The number of nitriles is 1. The monoisotopic (exact) mass is 471 g/mol. The third kappa shape index (κ3) is 4.21. The molecule has 0 unspecified atom stereocenters. The predicted octanol–water partition coefficient (Wildman–Crippen LogP) is 4.75. The van der Waals surface area contributed by atoms with E-state index >= 15 is 0 Å². The fourth-order valence-corrected chi connectivity index (χ4v) is 4.56. The Hall–Kier alpha value is -4.22. The summed E-state index contributed by atoms with van der Waals surface area (Å²) in [7, 11) is -4.17. The molecule has 0 aliphatic carbocycles. The lowest BCUT2D eigenvalue weighted by Crippen LogP contribution is -2.20. The van der Waals surface area contributed by atoms with Crippen molar-refractivity contribution < 1.29 is 13.2 Å². The summed E-state index contributed by atoms with van der Waals surface area (Å²) in [5.74, 6) is 0.377. The van der Waals surface area contributed by atoms with E-state index in [1.807, 2.05) is 26.0 Å². The van der Waals surface area contributed by atoms with Gasteiger partial charge in [-0.25, -0.2) is 8.42 Å². The van der Waals surface area contributed by atoms with E-state index in [2.05, 4.69) is 4.98 Å². The van der Waals surface area contributed by atoms with E-state index in [9.17, 15) is 18.5 Å². The number of allylic oxidation sites excluding steroid dienone is 1. The van der Waals surface area contributed by atoms with Gasteiger partial charge in [0, 0.05) is 6.20 Å². The van der Waals surface area contributed by atoms with Crippen LogP contribution in [0.5, 0.6) is 11.6 Å². The lowest BCUT2D eigenvalue weighted by molar-refractivity contribution is 0.457. The highest BCUT2D eigenvalue weighted by molar-refractivity contribution is 7.95. The largest absolute Gasteiger partial charge is 0.438 e. The molecule has 0 radical (unpaired) electrons. The van der Waals surface area contributed by atoms with Gasteiger partial charge in [0.05, 0.1) is 4.90 Å². The van der Waals surface area contributed by atoms with Gasteiger partial charge in [-0.05, 0) is 62.2 Å². The zero-order chi connectivity index (χ0) is 24.5. The van der Waals surface area contributed by atoms with Crippen LogP contribution in [0.15, 0.2) is 81.5 Å². The maximum absolute atomic E-state index is 13.4. The molecule has 0 saturated heterocycles. The maximum atomic E-state index is 13.4. The third-order valence-corrected chi connectivity index (χ3v) is 7.04. The number of nitrogens with zero attached hydrogens (tertiary/aromatic N) is 3. The fourth-order valence-electron chi connectivity index (χ4n) is 3.41.